The maximum absolute atomic E-state index is 12.2. The summed E-state index contributed by atoms with van der Waals surface area (Å²) < 4.78 is 0.887. The Bertz CT molecular complexity index is 466. The zero-order valence-corrected chi connectivity index (χ0v) is 15.2. The minimum atomic E-state index is -0.0695. The topological polar surface area (TPSA) is 58.4 Å². The van der Waals surface area contributed by atoms with Crippen LogP contribution in [0.15, 0.2) is 22.7 Å². The molecule has 0 aromatic heterocycles. The Balaban J connectivity index is 0.00000200. The molecule has 1 aliphatic rings. The molecule has 0 spiro atoms. The molecule has 1 fully saturated rings. The van der Waals surface area contributed by atoms with Gasteiger partial charge in [0.05, 0.1) is 5.56 Å². The summed E-state index contributed by atoms with van der Waals surface area (Å²) in [5, 5.41) is 3.08. The van der Waals surface area contributed by atoms with E-state index in [2.05, 4.69) is 33.1 Å². The van der Waals surface area contributed by atoms with Crippen LogP contribution in [0.1, 0.15) is 30.1 Å². The van der Waals surface area contributed by atoms with Crippen LogP contribution in [0.5, 0.6) is 0 Å². The number of benzene rings is 1. The minimum absolute atomic E-state index is 0. The van der Waals surface area contributed by atoms with Gasteiger partial charge < -0.3 is 16.0 Å². The minimum Gasteiger partial charge on any atom is -0.398 e. The van der Waals surface area contributed by atoms with Gasteiger partial charge in [0.1, 0.15) is 0 Å². The summed E-state index contributed by atoms with van der Waals surface area (Å²) in [4.78, 5) is 14.6. The van der Waals surface area contributed by atoms with Crippen LogP contribution >= 0.6 is 40.7 Å². The number of halogens is 3. The number of likely N-dealkylation sites (tertiary alicyclic amines) is 1. The van der Waals surface area contributed by atoms with Gasteiger partial charge in [0.2, 0.25) is 0 Å². The maximum atomic E-state index is 12.2. The summed E-state index contributed by atoms with van der Waals surface area (Å²) in [7, 11) is 0. The molecule has 0 unspecified atom stereocenters. The highest BCUT2D eigenvalue weighted by atomic mass is 79.9. The fourth-order valence-corrected chi connectivity index (χ4v) is 2.78. The summed E-state index contributed by atoms with van der Waals surface area (Å²) in [6.45, 7) is 5.36. The monoisotopic (exact) mass is 397 g/mol. The highest BCUT2D eigenvalue weighted by molar-refractivity contribution is 9.10. The number of nitrogens with zero attached hydrogens (tertiary/aromatic N) is 1. The van der Waals surface area contributed by atoms with Crippen molar-refractivity contribution in [2.45, 2.75) is 25.8 Å². The predicted octanol–water partition coefficient (Wildman–Crippen LogP) is 3.09. The van der Waals surface area contributed by atoms with E-state index in [0.717, 1.165) is 36.9 Å². The van der Waals surface area contributed by atoms with Crippen LogP contribution in [-0.2, 0) is 0 Å². The molecule has 3 N–H and O–H groups in total. The number of hydrogen-bond acceptors (Lipinski definition) is 3. The molecule has 1 aliphatic heterocycles. The number of nitrogens with one attached hydrogen (secondary N) is 1. The first-order valence-electron chi connectivity index (χ1n) is 6.68. The van der Waals surface area contributed by atoms with E-state index in [0.29, 0.717) is 11.3 Å². The van der Waals surface area contributed by atoms with Crippen molar-refractivity contribution in [3.05, 3.63) is 28.2 Å². The molecule has 1 aromatic carbocycles. The van der Waals surface area contributed by atoms with Gasteiger partial charge in [-0.2, -0.15) is 0 Å². The van der Waals surface area contributed by atoms with Gasteiger partial charge in [-0.15, -0.1) is 24.8 Å². The first-order valence-corrected chi connectivity index (χ1v) is 7.47. The van der Waals surface area contributed by atoms with Crippen molar-refractivity contribution in [2.24, 2.45) is 0 Å². The normalized spacial score (nSPS) is 15.7. The molecule has 0 saturated carbocycles. The van der Waals surface area contributed by atoms with Gasteiger partial charge in [0.15, 0.2) is 0 Å². The van der Waals surface area contributed by atoms with Gasteiger partial charge in [-0.05, 0) is 37.6 Å². The van der Waals surface area contributed by atoms with Crippen LogP contribution in [0, 0.1) is 0 Å². The average molecular weight is 399 g/mol. The molecule has 120 valence electrons. The SMILES string of the molecule is CCN1CCC(NC(=O)c2ccc(Br)cc2N)CC1.Cl.Cl. The van der Waals surface area contributed by atoms with Crippen LogP contribution in [0.4, 0.5) is 5.69 Å². The summed E-state index contributed by atoms with van der Waals surface area (Å²) in [6.07, 6.45) is 2.02. The Morgan fingerprint density at radius 1 is 1.38 bits per heavy atom. The molecule has 0 aliphatic carbocycles. The second kappa shape index (κ2) is 9.51. The lowest BCUT2D eigenvalue weighted by Gasteiger charge is -2.31. The number of nitrogens with two attached hydrogens (primary N) is 1. The van der Waals surface area contributed by atoms with Gasteiger partial charge >= 0.3 is 0 Å². The number of nitrogen functional groups attached to an aromatic ring is 1. The fourth-order valence-electron chi connectivity index (χ4n) is 2.40. The lowest BCUT2D eigenvalue weighted by molar-refractivity contribution is 0.0913. The molecule has 0 bridgehead atoms. The highest BCUT2D eigenvalue weighted by Crippen LogP contribution is 2.19. The largest absolute Gasteiger partial charge is 0.398 e. The van der Waals surface area contributed by atoms with E-state index in [9.17, 15) is 4.79 Å². The second-order valence-corrected chi connectivity index (χ2v) is 5.83. The number of rotatable bonds is 3. The van der Waals surface area contributed by atoms with Crippen molar-refractivity contribution in [1.82, 2.24) is 10.2 Å². The molecule has 1 saturated heterocycles. The molecule has 0 radical (unpaired) electrons. The zero-order valence-electron chi connectivity index (χ0n) is 12.0. The third-order valence-corrected chi connectivity index (χ3v) is 4.12. The molecule has 1 amide bonds. The molecular weight excluding hydrogens is 377 g/mol. The third kappa shape index (κ3) is 5.66. The lowest BCUT2D eigenvalue weighted by atomic mass is 10.0. The molecular formula is C14H22BrCl2N3O. The van der Waals surface area contributed by atoms with Crippen molar-refractivity contribution >= 4 is 52.3 Å². The molecule has 2 rings (SSSR count). The molecule has 21 heavy (non-hydrogen) atoms. The first-order chi connectivity index (χ1) is 9.10. The van der Waals surface area contributed by atoms with Crippen molar-refractivity contribution in [3.8, 4) is 0 Å². The molecule has 1 aromatic rings. The Morgan fingerprint density at radius 2 is 2.00 bits per heavy atom. The van der Waals surface area contributed by atoms with E-state index in [-0.39, 0.29) is 36.8 Å². The molecule has 1 heterocycles. The lowest BCUT2D eigenvalue weighted by Crippen LogP contribution is -2.44. The Kier molecular flexibility index (Phi) is 9.29. The Morgan fingerprint density at radius 3 is 2.52 bits per heavy atom. The van der Waals surface area contributed by atoms with Crippen LogP contribution < -0.4 is 11.1 Å². The Hall–Kier alpha value is -0.490. The third-order valence-electron chi connectivity index (χ3n) is 3.63. The number of amides is 1. The molecule has 4 nitrogen and oxygen atoms in total. The van der Waals surface area contributed by atoms with Gasteiger partial charge in [-0.25, -0.2) is 0 Å². The second-order valence-electron chi connectivity index (χ2n) is 4.91. The van der Waals surface area contributed by atoms with Gasteiger partial charge in [0.25, 0.3) is 5.91 Å². The van der Waals surface area contributed by atoms with E-state index in [4.69, 9.17) is 5.73 Å². The van der Waals surface area contributed by atoms with Crippen LogP contribution in [-0.4, -0.2) is 36.5 Å². The van der Waals surface area contributed by atoms with E-state index in [1.807, 2.05) is 6.07 Å². The fraction of sp³-hybridized carbons (Fsp3) is 0.500. The van der Waals surface area contributed by atoms with Crippen molar-refractivity contribution in [1.29, 1.82) is 0 Å². The maximum Gasteiger partial charge on any atom is 0.253 e. The quantitative estimate of drug-likeness (QED) is 0.769. The van der Waals surface area contributed by atoms with Crippen molar-refractivity contribution in [3.63, 3.8) is 0 Å². The highest BCUT2D eigenvalue weighted by Gasteiger charge is 2.20. The standard InChI is InChI=1S/C14H20BrN3O.2ClH/c1-2-18-7-5-11(6-8-18)17-14(19)12-4-3-10(15)9-13(12)16;;/h3-4,9,11H,2,5-8,16H2,1H3,(H,17,19);2*1H. The number of carbonyl (C=O) groups is 1. The summed E-state index contributed by atoms with van der Waals surface area (Å²) in [5.74, 6) is -0.0695. The van der Waals surface area contributed by atoms with Gasteiger partial charge in [-0.3, -0.25) is 4.79 Å². The number of piperidine rings is 1. The van der Waals surface area contributed by atoms with Crippen molar-refractivity contribution < 1.29 is 4.79 Å². The van der Waals surface area contributed by atoms with Gasteiger partial charge in [-0.1, -0.05) is 22.9 Å². The Labute approximate surface area is 146 Å². The number of hydrogen-bond donors (Lipinski definition) is 2. The number of anilines is 1. The van der Waals surface area contributed by atoms with E-state index in [1.165, 1.54) is 0 Å². The van der Waals surface area contributed by atoms with Gasteiger partial charge in [0, 0.05) is 29.3 Å². The summed E-state index contributed by atoms with van der Waals surface area (Å²) >= 11 is 3.34. The smallest absolute Gasteiger partial charge is 0.253 e. The van der Waals surface area contributed by atoms with Crippen LogP contribution in [0.3, 0.4) is 0 Å². The van der Waals surface area contributed by atoms with Crippen molar-refractivity contribution in [2.75, 3.05) is 25.4 Å². The average Bonchev–Trinajstić information content (AvgIpc) is 2.39. The number of carbonyl (C=O) groups excluding carboxylic acids is 1. The molecule has 7 heteroatoms. The summed E-state index contributed by atoms with van der Waals surface area (Å²) in [6, 6.07) is 5.62. The van der Waals surface area contributed by atoms with Crippen LogP contribution in [0.25, 0.3) is 0 Å². The van der Waals surface area contributed by atoms with Crippen LogP contribution in [0.2, 0.25) is 0 Å². The van der Waals surface area contributed by atoms with E-state index < -0.39 is 0 Å². The van der Waals surface area contributed by atoms with E-state index in [1.54, 1.807) is 12.1 Å². The van der Waals surface area contributed by atoms with E-state index >= 15 is 0 Å². The molecule has 0 atom stereocenters. The first kappa shape index (κ1) is 20.5. The summed E-state index contributed by atoms with van der Waals surface area (Å²) in [5.41, 5.74) is 6.94. The predicted molar refractivity (Wildman–Crippen MR) is 95.7 cm³/mol. The zero-order chi connectivity index (χ0) is 13.8.